The van der Waals surface area contributed by atoms with E-state index in [1.165, 1.54) is 23.2 Å². The number of carboxylic acids is 1. The summed E-state index contributed by atoms with van der Waals surface area (Å²) >= 11 is 0. The Morgan fingerprint density at radius 2 is 2.26 bits per heavy atom. The van der Waals surface area contributed by atoms with E-state index in [2.05, 4.69) is 4.98 Å². The number of amides is 1. The first-order chi connectivity index (χ1) is 9.08. The van der Waals surface area contributed by atoms with Crippen LogP contribution in [0.3, 0.4) is 0 Å². The smallest absolute Gasteiger partial charge is 0.305 e. The van der Waals surface area contributed by atoms with Gasteiger partial charge in [-0.25, -0.2) is 0 Å². The van der Waals surface area contributed by atoms with Crippen LogP contribution in [0.25, 0.3) is 0 Å². The number of aromatic nitrogens is 1. The van der Waals surface area contributed by atoms with Gasteiger partial charge in [-0.15, -0.1) is 0 Å². The number of carbonyl (C=O) groups is 2. The second kappa shape index (κ2) is 5.66. The first-order valence-electron chi connectivity index (χ1n) is 5.87. The molecule has 1 aromatic rings. The van der Waals surface area contributed by atoms with Crippen LogP contribution in [0.4, 0.5) is 0 Å². The first-order valence-corrected chi connectivity index (χ1v) is 5.87. The van der Waals surface area contributed by atoms with Gasteiger partial charge < -0.3 is 19.7 Å². The predicted octanol–water partition coefficient (Wildman–Crippen LogP) is -0.309. The van der Waals surface area contributed by atoms with Gasteiger partial charge in [0.2, 0.25) is 5.56 Å². The summed E-state index contributed by atoms with van der Waals surface area (Å²) < 4.78 is 5.20. The maximum Gasteiger partial charge on any atom is 0.305 e. The Balaban J connectivity index is 2.17. The van der Waals surface area contributed by atoms with E-state index in [1.54, 1.807) is 0 Å². The topological polar surface area (TPSA) is 99.7 Å². The summed E-state index contributed by atoms with van der Waals surface area (Å²) in [6.45, 7) is 0.933. The second-order valence-electron chi connectivity index (χ2n) is 4.27. The van der Waals surface area contributed by atoms with Gasteiger partial charge in [-0.2, -0.15) is 0 Å². The van der Waals surface area contributed by atoms with Crippen molar-refractivity contribution in [2.75, 3.05) is 19.8 Å². The third kappa shape index (κ3) is 3.19. The zero-order valence-electron chi connectivity index (χ0n) is 10.2. The summed E-state index contributed by atoms with van der Waals surface area (Å²) in [4.78, 5) is 37.9. The minimum atomic E-state index is -0.977. The molecular formula is C12H14N2O5. The third-order valence-corrected chi connectivity index (χ3v) is 2.93. The number of rotatable bonds is 3. The van der Waals surface area contributed by atoms with E-state index in [0.717, 1.165) is 0 Å². The van der Waals surface area contributed by atoms with Crippen molar-refractivity contribution in [3.63, 3.8) is 0 Å². The lowest BCUT2D eigenvalue weighted by molar-refractivity contribution is -0.139. The van der Waals surface area contributed by atoms with E-state index in [1.807, 2.05) is 0 Å². The van der Waals surface area contributed by atoms with Crippen LogP contribution in [0, 0.1) is 0 Å². The Bertz CT molecular complexity index is 519. The average Bonchev–Trinajstić information content (AvgIpc) is 2.39. The van der Waals surface area contributed by atoms with Crippen molar-refractivity contribution in [3.05, 3.63) is 34.2 Å². The minimum absolute atomic E-state index is 0.158. The number of nitrogens with zero attached hydrogens (tertiary/aromatic N) is 1. The minimum Gasteiger partial charge on any atom is -0.481 e. The van der Waals surface area contributed by atoms with Crippen LogP contribution in [0.5, 0.6) is 0 Å². The zero-order chi connectivity index (χ0) is 13.8. The van der Waals surface area contributed by atoms with Gasteiger partial charge in [-0.05, 0) is 6.07 Å². The summed E-state index contributed by atoms with van der Waals surface area (Å²) in [5, 5.41) is 8.83. The Kier molecular flexibility index (Phi) is 3.96. The monoisotopic (exact) mass is 266 g/mol. The molecule has 1 aromatic heterocycles. The van der Waals surface area contributed by atoms with Crippen molar-refractivity contribution in [1.82, 2.24) is 9.88 Å². The quantitative estimate of drug-likeness (QED) is 0.781. The highest BCUT2D eigenvalue weighted by atomic mass is 16.5. The molecule has 1 aliphatic heterocycles. The molecule has 102 valence electrons. The van der Waals surface area contributed by atoms with E-state index < -0.39 is 12.0 Å². The fourth-order valence-corrected chi connectivity index (χ4v) is 2.00. The largest absolute Gasteiger partial charge is 0.481 e. The molecule has 19 heavy (non-hydrogen) atoms. The molecule has 7 heteroatoms. The Labute approximate surface area is 108 Å². The maximum absolute atomic E-state index is 12.3. The molecule has 1 unspecified atom stereocenters. The molecule has 2 rings (SSSR count). The lowest BCUT2D eigenvalue weighted by atomic mass is 10.1. The van der Waals surface area contributed by atoms with Gasteiger partial charge in [-0.3, -0.25) is 14.4 Å². The molecule has 2 heterocycles. The Hall–Kier alpha value is -2.15. The van der Waals surface area contributed by atoms with Gasteiger partial charge in [-0.1, -0.05) is 0 Å². The van der Waals surface area contributed by atoms with E-state index in [4.69, 9.17) is 9.84 Å². The Morgan fingerprint density at radius 3 is 2.89 bits per heavy atom. The van der Waals surface area contributed by atoms with E-state index >= 15 is 0 Å². The van der Waals surface area contributed by atoms with Crippen LogP contribution in [0.2, 0.25) is 0 Å². The van der Waals surface area contributed by atoms with Gasteiger partial charge in [0.05, 0.1) is 31.2 Å². The van der Waals surface area contributed by atoms with Gasteiger partial charge in [0, 0.05) is 18.8 Å². The summed E-state index contributed by atoms with van der Waals surface area (Å²) in [5.74, 6) is -1.28. The number of hydrogen-bond donors (Lipinski definition) is 2. The summed E-state index contributed by atoms with van der Waals surface area (Å²) in [5.41, 5.74) is 0.0394. The number of hydrogen-bond acceptors (Lipinski definition) is 4. The van der Waals surface area contributed by atoms with Crippen molar-refractivity contribution in [1.29, 1.82) is 0 Å². The lowest BCUT2D eigenvalue weighted by Crippen LogP contribution is -2.49. The van der Waals surface area contributed by atoms with Gasteiger partial charge in [0.25, 0.3) is 5.91 Å². The maximum atomic E-state index is 12.3. The number of nitrogens with one attached hydrogen (secondary N) is 1. The summed E-state index contributed by atoms with van der Waals surface area (Å²) in [6, 6.07) is 2.21. The van der Waals surface area contributed by atoms with Crippen molar-refractivity contribution >= 4 is 11.9 Å². The first kappa shape index (κ1) is 13.3. The van der Waals surface area contributed by atoms with Crippen LogP contribution in [0.1, 0.15) is 16.8 Å². The molecule has 1 saturated heterocycles. The molecule has 1 amide bonds. The van der Waals surface area contributed by atoms with Crippen molar-refractivity contribution in [3.8, 4) is 0 Å². The number of morpholine rings is 1. The van der Waals surface area contributed by atoms with Gasteiger partial charge in [0.1, 0.15) is 0 Å². The standard InChI is InChI=1S/C12H14N2O5/c15-10-2-1-8(6-13-10)12(18)14-3-4-19-7-9(14)5-11(16)17/h1-2,6,9H,3-5,7H2,(H,13,15)(H,16,17). The molecule has 7 nitrogen and oxygen atoms in total. The van der Waals surface area contributed by atoms with Crippen LogP contribution < -0.4 is 5.56 Å². The molecule has 0 aliphatic carbocycles. The molecular weight excluding hydrogens is 252 g/mol. The van der Waals surface area contributed by atoms with Crippen LogP contribution in [0.15, 0.2) is 23.1 Å². The highest BCUT2D eigenvalue weighted by Crippen LogP contribution is 2.14. The highest BCUT2D eigenvalue weighted by Gasteiger charge is 2.29. The molecule has 0 aromatic carbocycles. The summed E-state index contributed by atoms with van der Waals surface area (Å²) in [7, 11) is 0. The SMILES string of the molecule is O=C(O)CC1COCCN1C(=O)c1ccc(=O)[nH]c1. The molecule has 1 aliphatic rings. The van der Waals surface area contributed by atoms with Crippen LogP contribution in [-0.2, 0) is 9.53 Å². The van der Waals surface area contributed by atoms with E-state index in [-0.39, 0.29) is 24.5 Å². The van der Waals surface area contributed by atoms with Crippen molar-refractivity contribution < 1.29 is 19.4 Å². The number of carboxylic acid groups (broad SMARTS) is 1. The Morgan fingerprint density at radius 1 is 1.47 bits per heavy atom. The number of pyridine rings is 1. The number of aliphatic carboxylic acids is 1. The summed E-state index contributed by atoms with van der Waals surface area (Å²) in [6.07, 6.45) is 1.17. The van der Waals surface area contributed by atoms with Crippen LogP contribution >= 0.6 is 0 Å². The molecule has 1 fully saturated rings. The second-order valence-corrected chi connectivity index (χ2v) is 4.27. The van der Waals surface area contributed by atoms with E-state index in [0.29, 0.717) is 18.7 Å². The highest BCUT2D eigenvalue weighted by molar-refractivity contribution is 5.94. The molecule has 0 saturated carbocycles. The predicted molar refractivity (Wildman–Crippen MR) is 65.0 cm³/mol. The zero-order valence-corrected chi connectivity index (χ0v) is 10.2. The molecule has 2 N–H and O–H groups in total. The van der Waals surface area contributed by atoms with Gasteiger partial charge >= 0.3 is 5.97 Å². The fraction of sp³-hybridized carbons (Fsp3) is 0.417. The van der Waals surface area contributed by atoms with Crippen molar-refractivity contribution in [2.45, 2.75) is 12.5 Å². The number of carbonyl (C=O) groups excluding carboxylic acids is 1. The third-order valence-electron chi connectivity index (χ3n) is 2.93. The normalized spacial score (nSPS) is 19.2. The number of ether oxygens (including phenoxy) is 1. The van der Waals surface area contributed by atoms with Crippen LogP contribution in [-0.4, -0.2) is 52.7 Å². The molecule has 1 atom stereocenters. The average molecular weight is 266 g/mol. The van der Waals surface area contributed by atoms with Crippen molar-refractivity contribution in [2.24, 2.45) is 0 Å². The molecule has 0 spiro atoms. The van der Waals surface area contributed by atoms with E-state index in [9.17, 15) is 14.4 Å². The van der Waals surface area contributed by atoms with Gasteiger partial charge in [0.15, 0.2) is 0 Å². The molecule has 0 radical (unpaired) electrons. The number of H-pyrrole nitrogens is 1. The number of aromatic amines is 1. The lowest BCUT2D eigenvalue weighted by Gasteiger charge is -2.34. The molecule has 0 bridgehead atoms. The fourth-order valence-electron chi connectivity index (χ4n) is 2.00.